The summed E-state index contributed by atoms with van der Waals surface area (Å²) in [5.41, 5.74) is 0.499. The van der Waals surface area contributed by atoms with Crippen LogP contribution in [0.3, 0.4) is 0 Å². The minimum Gasteiger partial charge on any atom is -0.466 e. The Bertz CT molecular complexity index is 387. The van der Waals surface area contributed by atoms with Crippen LogP contribution in [0.25, 0.3) is 0 Å². The summed E-state index contributed by atoms with van der Waals surface area (Å²) in [6, 6.07) is 1.07. The fourth-order valence-corrected chi connectivity index (χ4v) is 2.66. The van der Waals surface area contributed by atoms with E-state index in [1.807, 2.05) is 0 Å². The smallest absolute Gasteiger partial charge is 0.425 e. The van der Waals surface area contributed by atoms with Gasteiger partial charge in [0.05, 0.1) is 10.4 Å². The lowest BCUT2D eigenvalue weighted by atomic mass is 10.2. The molecular formula is C9H8BrF3O2S. The number of halogens is 4. The molecule has 1 aromatic rings. The predicted octanol–water partition coefficient (Wildman–Crippen LogP) is 3.64. The third-order valence-electron chi connectivity index (χ3n) is 1.71. The number of hydrogen-bond acceptors (Lipinski definition) is 3. The van der Waals surface area contributed by atoms with E-state index < -0.39 is 17.0 Å². The highest BCUT2D eigenvalue weighted by Gasteiger charge is 2.33. The van der Waals surface area contributed by atoms with Gasteiger partial charge >= 0.3 is 12.1 Å². The van der Waals surface area contributed by atoms with Crippen LogP contribution in [0.5, 0.6) is 0 Å². The average Bonchev–Trinajstić information content (AvgIpc) is 2.46. The Morgan fingerprint density at radius 2 is 2.19 bits per heavy atom. The molecular weight excluding hydrogens is 309 g/mol. The van der Waals surface area contributed by atoms with Gasteiger partial charge in [0.2, 0.25) is 0 Å². The summed E-state index contributed by atoms with van der Waals surface area (Å²) >= 11 is 3.69. The van der Waals surface area contributed by atoms with E-state index in [2.05, 4.69) is 20.7 Å². The lowest BCUT2D eigenvalue weighted by molar-refractivity contribution is -0.141. The Morgan fingerprint density at radius 3 is 2.62 bits per heavy atom. The number of ether oxygens (including phenoxy) is 1. The maximum atomic E-state index is 12.3. The SMILES string of the molecule is CC(=O)OCCc1cc(C(F)(F)F)sc1Br. The Labute approximate surface area is 103 Å². The zero-order valence-electron chi connectivity index (χ0n) is 8.23. The van der Waals surface area contributed by atoms with Gasteiger partial charge in [0.25, 0.3) is 0 Å². The standard InChI is InChI=1S/C9H8BrF3O2S/c1-5(14)15-3-2-6-4-7(9(11,12)13)16-8(6)10/h4H,2-3H2,1H3. The first kappa shape index (κ1) is 13.5. The number of hydrogen-bond donors (Lipinski definition) is 0. The average molecular weight is 317 g/mol. The van der Waals surface area contributed by atoms with Crippen molar-refractivity contribution in [2.24, 2.45) is 0 Å². The molecule has 0 fully saturated rings. The van der Waals surface area contributed by atoms with E-state index in [4.69, 9.17) is 0 Å². The van der Waals surface area contributed by atoms with Gasteiger partial charge < -0.3 is 4.74 Å². The van der Waals surface area contributed by atoms with Gasteiger partial charge in [0.15, 0.2) is 0 Å². The molecule has 1 rings (SSSR count). The first-order valence-corrected chi connectivity index (χ1v) is 5.90. The second-order valence-corrected chi connectivity index (χ2v) is 5.37. The second-order valence-electron chi connectivity index (χ2n) is 3.00. The van der Waals surface area contributed by atoms with Gasteiger partial charge in [-0.15, -0.1) is 11.3 Å². The minimum absolute atomic E-state index is 0.0853. The van der Waals surface area contributed by atoms with E-state index in [1.165, 1.54) is 6.92 Å². The number of esters is 1. The van der Waals surface area contributed by atoms with Crippen LogP contribution in [0.1, 0.15) is 17.4 Å². The van der Waals surface area contributed by atoms with E-state index in [0.717, 1.165) is 6.07 Å². The summed E-state index contributed by atoms with van der Waals surface area (Å²) in [6.45, 7) is 1.34. The van der Waals surface area contributed by atoms with Crippen LogP contribution in [-0.4, -0.2) is 12.6 Å². The summed E-state index contributed by atoms with van der Waals surface area (Å²) in [5.74, 6) is -0.442. The Kier molecular flexibility index (Phi) is 4.37. The quantitative estimate of drug-likeness (QED) is 0.796. The fourth-order valence-electron chi connectivity index (χ4n) is 1.02. The molecule has 2 nitrogen and oxygen atoms in total. The summed E-state index contributed by atoms with van der Waals surface area (Å²) in [4.78, 5) is 9.82. The first-order valence-electron chi connectivity index (χ1n) is 4.29. The molecule has 0 spiro atoms. The van der Waals surface area contributed by atoms with E-state index >= 15 is 0 Å². The van der Waals surface area contributed by atoms with Crippen LogP contribution in [0.15, 0.2) is 9.85 Å². The first-order chi connectivity index (χ1) is 7.30. The van der Waals surface area contributed by atoms with Crippen molar-refractivity contribution in [3.05, 3.63) is 20.3 Å². The Balaban J connectivity index is 2.67. The van der Waals surface area contributed by atoms with Crippen molar-refractivity contribution in [3.63, 3.8) is 0 Å². The lowest BCUT2D eigenvalue weighted by Crippen LogP contribution is -2.03. The van der Waals surface area contributed by atoms with Crippen molar-refractivity contribution in [3.8, 4) is 0 Å². The van der Waals surface area contributed by atoms with E-state index in [9.17, 15) is 18.0 Å². The molecule has 16 heavy (non-hydrogen) atoms. The van der Waals surface area contributed by atoms with Gasteiger partial charge in [0, 0.05) is 13.3 Å². The zero-order chi connectivity index (χ0) is 12.3. The molecule has 0 aliphatic rings. The number of rotatable bonds is 3. The van der Waals surface area contributed by atoms with E-state index in [0.29, 0.717) is 20.7 Å². The largest absolute Gasteiger partial charge is 0.466 e. The van der Waals surface area contributed by atoms with Crippen molar-refractivity contribution < 1.29 is 22.7 Å². The van der Waals surface area contributed by atoms with Gasteiger partial charge in [-0.2, -0.15) is 13.2 Å². The Morgan fingerprint density at radius 1 is 1.56 bits per heavy atom. The Hall–Kier alpha value is -0.560. The molecule has 0 aliphatic carbocycles. The van der Waals surface area contributed by atoms with Crippen LogP contribution < -0.4 is 0 Å². The van der Waals surface area contributed by atoms with Crippen LogP contribution in [0, 0.1) is 0 Å². The van der Waals surface area contributed by atoms with Crippen molar-refractivity contribution >= 4 is 33.2 Å². The highest BCUT2D eigenvalue weighted by atomic mass is 79.9. The topological polar surface area (TPSA) is 26.3 Å². The number of alkyl halides is 3. The molecule has 0 aliphatic heterocycles. The molecule has 0 bridgehead atoms. The maximum absolute atomic E-state index is 12.3. The summed E-state index contributed by atoms with van der Waals surface area (Å²) in [7, 11) is 0. The highest BCUT2D eigenvalue weighted by Crippen LogP contribution is 2.39. The summed E-state index contributed by atoms with van der Waals surface area (Å²) in [6.07, 6.45) is -4.06. The minimum atomic E-state index is -4.33. The highest BCUT2D eigenvalue weighted by molar-refractivity contribution is 9.11. The van der Waals surface area contributed by atoms with Crippen LogP contribution in [0.4, 0.5) is 13.2 Å². The fraction of sp³-hybridized carbons (Fsp3) is 0.444. The molecule has 0 radical (unpaired) electrons. The normalized spacial score (nSPS) is 11.6. The number of carbonyl (C=O) groups excluding carboxylic acids is 1. The molecule has 7 heteroatoms. The molecule has 0 saturated carbocycles. The molecule has 0 N–H and O–H groups in total. The number of carbonyl (C=O) groups is 1. The van der Waals surface area contributed by atoms with Gasteiger partial charge in [-0.3, -0.25) is 4.79 Å². The molecule has 0 aromatic carbocycles. The molecule has 0 unspecified atom stereocenters. The van der Waals surface area contributed by atoms with E-state index in [-0.39, 0.29) is 13.0 Å². The summed E-state index contributed by atoms with van der Waals surface area (Å²) in [5, 5.41) is 0. The lowest BCUT2D eigenvalue weighted by Gasteiger charge is -2.01. The van der Waals surface area contributed by atoms with E-state index in [1.54, 1.807) is 0 Å². The number of thiophene rings is 1. The molecule has 0 atom stereocenters. The monoisotopic (exact) mass is 316 g/mol. The summed E-state index contributed by atoms with van der Waals surface area (Å²) < 4.78 is 42.1. The molecule has 1 heterocycles. The molecule has 0 amide bonds. The van der Waals surface area contributed by atoms with Gasteiger partial charge in [0.1, 0.15) is 4.88 Å². The van der Waals surface area contributed by atoms with Crippen molar-refractivity contribution in [2.45, 2.75) is 19.5 Å². The predicted molar refractivity (Wildman–Crippen MR) is 57.4 cm³/mol. The van der Waals surface area contributed by atoms with Crippen molar-refractivity contribution in [1.82, 2.24) is 0 Å². The van der Waals surface area contributed by atoms with Gasteiger partial charge in [-0.25, -0.2) is 0 Å². The van der Waals surface area contributed by atoms with Gasteiger partial charge in [-0.05, 0) is 27.6 Å². The van der Waals surface area contributed by atoms with Crippen molar-refractivity contribution in [1.29, 1.82) is 0 Å². The van der Waals surface area contributed by atoms with Crippen LogP contribution >= 0.6 is 27.3 Å². The second kappa shape index (κ2) is 5.18. The molecule has 1 aromatic heterocycles. The zero-order valence-corrected chi connectivity index (χ0v) is 10.6. The maximum Gasteiger partial charge on any atom is 0.425 e. The van der Waals surface area contributed by atoms with Crippen LogP contribution in [-0.2, 0) is 22.1 Å². The molecule has 90 valence electrons. The van der Waals surface area contributed by atoms with Gasteiger partial charge in [-0.1, -0.05) is 0 Å². The van der Waals surface area contributed by atoms with Crippen molar-refractivity contribution in [2.75, 3.05) is 6.61 Å². The molecule has 0 saturated heterocycles. The third-order valence-corrected chi connectivity index (χ3v) is 3.72. The van der Waals surface area contributed by atoms with Crippen LogP contribution in [0.2, 0.25) is 0 Å². The third kappa shape index (κ3) is 3.79.